The van der Waals surface area contributed by atoms with Crippen LogP contribution < -0.4 is 10.6 Å². The summed E-state index contributed by atoms with van der Waals surface area (Å²) in [5.74, 6) is 0.0349. The fourth-order valence-corrected chi connectivity index (χ4v) is 2.67. The third kappa shape index (κ3) is 3.37. The molecule has 5 nitrogen and oxygen atoms in total. The molecular formula is C16H20N4O. The average Bonchev–Trinajstić information content (AvgIpc) is 2.48. The van der Waals surface area contributed by atoms with Gasteiger partial charge in [-0.05, 0) is 19.1 Å². The lowest BCUT2D eigenvalue weighted by atomic mass is 10.1. The summed E-state index contributed by atoms with van der Waals surface area (Å²) in [7, 11) is 0. The molecule has 21 heavy (non-hydrogen) atoms. The van der Waals surface area contributed by atoms with E-state index < -0.39 is 0 Å². The topological polar surface area (TPSA) is 57.3 Å². The fraction of sp³-hybridized carbons (Fsp3) is 0.375. The standard InChI is InChI=1S/C16H20N4O/c1-12-10-15(13-4-2-3-5-14(13)18-12)19-16(21)11-20-8-6-17-7-9-20/h2-5,10,17H,6-9,11H2,1H3,(H,18,19,21). The first-order chi connectivity index (χ1) is 10.2. The number of carbonyl (C=O) groups is 1. The van der Waals surface area contributed by atoms with Crippen molar-refractivity contribution in [2.24, 2.45) is 0 Å². The van der Waals surface area contributed by atoms with Crippen molar-refractivity contribution < 1.29 is 4.79 Å². The predicted molar refractivity (Wildman–Crippen MR) is 84.4 cm³/mol. The van der Waals surface area contributed by atoms with Crippen LogP contribution in [0.15, 0.2) is 30.3 Å². The molecule has 1 amide bonds. The largest absolute Gasteiger partial charge is 0.324 e. The van der Waals surface area contributed by atoms with Crippen molar-refractivity contribution in [2.45, 2.75) is 6.92 Å². The molecule has 3 rings (SSSR count). The Morgan fingerprint density at radius 3 is 2.90 bits per heavy atom. The maximum absolute atomic E-state index is 12.2. The van der Waals surface area contributed by atoms with E-state index in [1.165, 1.54) is 0 Å². The Morgan fingerprint density at radius 2 is 2.10 bits per heavy atom. The molecule has 0 bridgehead atoms. The van der Waals surface area contributed by atoms with Crippen molar-refractivity contribution in [3.8, 4) is 0 Å². The molecule has 1 aliphatic rings. The van der Waals surface area contributed by atoms with Crippen LogP contribution in [0, 0.1) is 6.92 Å². The summed E-state index contributed by atoms with van der Waals surface area (Å²) in [4.78, 5) is 18.9. The van der Waals surface area contributed by atoms with Gasteiger partial charge in [-0.25, -0.2) is 0 Å². The van der Waals surface area contributed by atoms with Gasteiger partial charge in [0.15, 0.2) is 0 Å². The van der Waals surface area contributed by atoms with Gasteiger partial charge in [0, 0.05) is 37.3 Å². The summed E-state index contributed by atoms with van der Waals surface area (Å²) in [6.07, 6.45) is 0. The Balaban J connectivity index is 1.76. The maximum atomic E-state index is 12.2. The van der Waals surface area contributed by atoms with Gasteiger partial charge in [-0.2, -0.15) is 0 Å². The summed E-state index contributed by atoms with van der Waals surface area (Å²) in [5.41, 5.74) is 2.67. The lowest BCUT2D eigenvalue weighted by Crippen LogP contribution is -2.46. The maximum Gasteiger partial charge on any atom is 0.238 e. The van der Waals surface area contributed by atoms with E-state index in [-0.39, 0.29) is 5.91 Å². The second kappa shape index (κ2) is 6.20. The monoisotopic (exact) mass is 284 g/mol. The van der Waals surface area contributed by atoms with E-state index in [0.29, 0.717) is 6.54 Å². The molecule has 1 aromatic heterocycles. The number of piperazine rings is 1. The van der Waals surface area contributed by atoms with Gasteiger partial charge < -0.3 is 10.6 Å². The summed E-state index contributed by atoms with van der Waals surface area (Å²) in [6, 6.07) is 9.81. The molecule has 0 spiro atoms. The fourth-order valence-electron chi connectivity index (χ4n) is 2.67. The molecule has 5 heteroatoms. The highest BCUT2D eigenvalue weighted by molar-refractivity contribution is 6.01. The first-order valence-corrected chi connectivity index (χ1v) is 7.32. The number of pyridine rings is 1. The third-order valence-electron chi connectivity index (χ3n) is 3.70. The van der Waals surface area contributed by atoms with Crippen LogP contribution in [0.4, 0.5) is 5.69 Å². The molecular weight excluding hydrogens is 264 g/mol. The number of nitrogens with one attached hydrogen (secondary N) is 2. The van der Waals surface area contributed by atoms with Crippen molar-refractivity contribution >= 4 is 22.5 Å². The molecule has 2 N–H and O–H groups in total. The first-order valence-electron chi connectivity index (χ1n) is 7.32. The van der Waals surface area contributed by atoms with Crippen LogP contribution in [0.25, 0.3) is 10.9 Å². The van der Waals surface area contributed by atoms with Crippen molar-refractivity contribution in [3.05, 3.63) is 36.0 Å². The zero-order valence-electron chi connectivity index (χ0n) is 12.2. The molecule has 110 valence electrons. The van der Waals surface area contributed by atoms with Crippen molar-refractivity contribution in [1.82, 2.24) is 15.2 Å². The average molecular weight is 284 g/mol. The number of rotatable bonds is 3. The molecule has 0 atom stereocenters. The zero-order valence-corrected chi connectivity index (χ0v) is 12.2. The van der Waals surface area contributed by atoms with E-state index >= 15 is 0 Å². The van der Waals surface area contributed by atoms with Gasteiger partial charge in [-0.1, -0.05) is 18.2 Å². The van der Waals surface area contributed by atoms with Crippen LogP contribution in [0.3, 0.4) is 0 Å². The zero-order chi connectivity index (χ0) is 14.7. The van der Waals surface area contributed by atoms with Gasteiger partial charge in [0.05, 0.1) is 17.7 Å². The number of fused-ring (bicyclic) bond motifs is 1. The summed E-state index contributed by atoms with van der Waals surface area (Å²) in [6.45, 7) is 6.12. The molecule has 2 heterocycles. The molecule has 0 aliphatic carbocycles. The number of benzene rings is 1. The number of carbonyl (C=O) groups excluding carboxylic acids is 1. The molecule has 1 fully saturated rings. The molecule has 2 aromatic rings. The second-order valence-electron chi connectivity index (χ2n) is 5.40. The Labute approximate surface area is 124 Å². The van der Waals surface area contributed by atoms with E-state index in [2.05, 4.69) is 20.5 Å². The number of amides is 1. The van der Waals surface area contributed by atoms with Crippen LogP contribution >= 0.6 is 0 Å². The molecule has 1 saturated heterocycles. The van der Waals surface area contributed by atoms with Gasteiger partial charge in [0.2, 0.25) is 5.91 Å². The normalized spacial score (nSPS) is 16.0. The van der Waals surface area contributed by atoms with Gasteiger partial charge in [0.25, 0.3) is 0 Å². The lowest BCUT2D eigenvalue weighted by molar-refractivity contribution is -0.117. The smallest absolute Gasteiger partial charge is 0.238 e. The summed E-state index contributed by atoms with van der Waals surface area (Å²) in [5, 5.41) is 7.30. The number of hydrogen-bond donors (Lipinski definition) is 2. The van der Waals surface area contributed by atoms with Crippen LogP contribution in [-0.2, 0) is 4.79 Å². The summed E-state index contributed by atoms with van der Waals surface area (Å²) >= 11 is 0. The lowest BCUT2D eigenvalue weighted by Gasteiger charge is -2.26. The van der Waals surface area contributed by atoms with E-state index in [1.807, 2.05) is 37.3 Å². The first kappa shape index (κ1) is 14.0. The minimum atomic E-state index is 0.0349. The predicted octanol–water partition coefficient (Wildman–Crippen LogP) is 1.39. The third-order valence-corrected chi connectivity index (χ3v) is 3.70. The minimum absolute atomic E-state index is 0.0349. The van der Waals surface area contributed by atoms with Gasteiger partial charge in [-0.3, -0.25) is 14.7 Å². The molecule has 1 aliphatic heterocycles. The highest BCUT2D eigenvalue weighted by Gasteiger charge is 2.14. The van der Waals surface area contributed by atoms with Gasteiger partial charge >= 0.3 is 0 Å². The number of para-hydroxylation sites is 1. The van der Waals surface area contributed by atoms with Gasteiger partial charge in [0.1, 0.15) is 0 Å². The molecule has 0 radical (unpaired) electrons. The van der Waals surface area contributed by atoms with Crippen LogP contribution in [0.2, 0.25) is 0 Å². The number of aryl methyl sites for hydroxylation is 1. The Morgan fingerprint density at radius 1 is 1.33 bits per heavy atom. The van der Waals surface area contributed by atoms with Crippen LogP contribution in [0.1, 0.15) is 5.69 Å². The highest BCUT2D eigenvalue weighted by Crippen LogP contribution is 2.22. The molecule has 0 saturated carbocycles. The van der Waals surface area contributed by atoms with E-state index in [1.54, 1.807) is 0 Å². The number of anilines is 1. The number of nitrogens with zero attached hydrogens (tertiary/aromatic N) is 2. The van der Waals surface area contributed by atoms with Crippen molar-refractivity contribution in [2.75, 3.05) is 38.0 Å². The molecule has 0 unspecified atom stereocenters. The van der Waals surface area contributed by atoms with Crippen LogP contribution in [-0.4, -0.2) is 48.5 Å². The number of aromatic nitrogens is 1. The van der Waals surface area contributed by atoms with E-state index in [9.17, 15) is 4.79 Å². The van der Waals surface area contributed by atoms with E-state index in [4.69, 9.17) is 0 Å². The van der Waals surface area contributed by atoms with Crippen molar-refractivity contribution in [1.29, 1.82) is 0 Å². The second-order valence-corrected chi connectivity index (χ2v) is 5.40. The Kier molecular flexibility index (Phi) is 4.13. The SMILES string of the molecule is Cc1cc(NC(=O)CN2CCNCC2)c2ccccc2n1. The number of hydrogen-bond acceptors (Lipinski definition) is 4. The van der Waals surface area contributed by atoms with Crippen LogP contribution in [0.5, 0.6) is 0 Å². The van der Waals surface area contributed by atoms with E-state index in [0.717, 1.165) is 48.5 Å². The van der Waals surface area contributed by atoms with Crippen molar-refractivity contribution in [3.63, 3.8) is 0 Å². The molecule has 1 aromatic carbocycles. The Hall–Kier alpha value is -1.98. The quantitative estimate of drug-likeness (QED) is 0.894. The van der Waals surface area contributed by atoms with Gasteiger partial charge in [-0.15, -0.1) is 0 Å². The Bertz CT molecular complexity index is 650. The summed E-state index contributed by atoms with van der Waals surface area (Å²) < 4.78 is 0. The highest BCUT2D eigenvalue weighted by atomic mass is 16.2. The minimum Gasteiger partial charge on any atom is -0.324 e.